The number of para-hydroxylation sites is 3. The average Bonchev–Trinajstić information content (AvgIpc) is 3.40. The van der Waals surface area contributed by atoms with Crippen LogP contribution in [0, 0.1) is 5.82 Å². The minimum Gasteiger partial charge on any atom is -0.488 e. The van der Waals surface area contributed by atoms with Crippen LogP contribution in [0.25, 0.3) is 18.2 Å². The lowest BCUT2D eigenvalue weighted by atomic mass is 10.1. The van der Waals surface area contributed by atoms with E-state index >= 15 is 0 Å². The van der Waals surface area contributed by atoms with Gasteiger partial charge in [0.25, 0.3) is 35.4 Å². The highest BCUT2D eigenvalue weighted by Gasteiger charge is 2.28. The summed E-state index contributed by atoms with van der Waals surface area (Å²) in [5.41, 5.74) is 4.44. The molecule has 0 spiro atoms. The van der Waals surface area contributed by atoms with Gasteiger partial charge in [0, 0.05) is 32.8 Å². The van der Waals surface area contributed by atoms with Gasteiger partial charge in [0.1, 0.15) is 59.6 Å². The highest BCUT2D eigenvalue weighted by Crippen LogP contribution is 2.26. The van der Waals surface area contributed by atoms with Gasteiger partial charge in [0.15, 0.2) is 21.1 Å². The van der Waals surface area contributed by atoms with E-state index in [9.17, 15) is 38.0 Å². The van der Waals surface area contributed by atoms with Crippen LogP contribution in [0.1, 0.15) is 50.7 Å². The molecule has 6 N–H and O–H groups in total. The first-order valence-corrected chi connectivity index (χ1v) is 24.5. The Labute approximate surface area is 460 Å². The number of ether oxygens (including phenoxy) is 3. The molecule has 0 saturated carbocycles. The van der Waals surface area contributed by atoms with Crippen LogP contribution in [0.15, 0.2) is 162 Å². The van der Waals surface area contributed by atoms with Gasteiger partial charge >= 0.3 is 0 Å². The standard InChI is InChI=1S/C20H16N2O4S.C18H13ClN2O3S.C18H13FN2O3S/c1-12(23)14-8-6-13(7-9-14)11-26-17-5-3-2-4-15(17)10-16-18(24)21-20(27)22-19(16)25;19-13-7-5-11(6-8-13)10-24-15-4-2-1-3-12(15)9-14-16(22)20-18(25)21-17(14)23;19-14-7-3-1-6-12(14)10-24-15-8-4-2-5-11(15)9-13-16(22)20-18(25)21-17(13)23/h2-10H,11H2,1H3,(H2,21,22,24,25,27);2*1-9H,10H2,(H2,20,21,22,23,25). The maximum Gasteiger partial charge on any atom is 0.263 e. The molecule has 9 rings (SSSR count). The van der Waals surface area contributed by atoms with E-state index < -0.39 is 35.4 Å². The monoisotopic (exact) mass is 1110 g/mol. The smallest absolute Gasteiger partial charge is 0.263 e. The van der Waals surface area contributed by atoms with Gasteiger partial charge in [0.05, 0.1) is 0 Å². The van der Waals surface area contributed by atoms with Gasteiger partial charge in [-0.2, -0.15) is 0 Å². The molecule has 3 aliphatic rings. The number of benzene rings is 6. The van der Waals surface area contributed by atoms with Crippen molar-refractivity contribution in [3.05, 3.63) is 212 Å². The number of thiocarbonyl (C=S) groups is 3. The van der Waals surface area contributed by atoms with E-state index in [0.29, 0.717) is 56.7 Å². The summed E-state index contributed by atoms with van der Waals surface area (Å²) in [4.78, 5) is 83.1. The number of carbonyl (C=O) groups excluding carboxylic acids is 7. The molecule has 3 aliphatic heterocycles. The van der Waals surface area contributed by atoms with Gasteiger partial charge in [0.2, 0.25) is 0 Å². The number of hydrogen-bond acceptors (Lipinski definition) is 13. The Balaban J connectivity index is 0.000000168. The number of halogens is 2. The van der Waals surface area contributed by atoms with Crippen LogP contribution < -0.4 is 46.1 Å². The van der Waals surface area contributed by atoms with Gasteiger partial charge in [-0.15, -0.1) is 0 Å². The second-order valence-corrected chi connectivity index (χ2v) is 18.0. The summed E-state index contributed by atoms with van der Waals surface area (Å²) in [5, 5.41) is 14.9. The van der Waals surface area contributed by atoms with E-state index in [1.165, 1.54) is 31.2 Å². The van der Waals surface area contributed by atoms with Crippen LogP contribution in [-0.2, 0) is 48.6 Å². The molecule has 0 radical (unpaired) electrons. The summed E-state index contributed by atoms with van der Waals surface area (Å²) in [7, 11) is 0. The summed E-state index contributed by atoms with van der Waals surface area (Å²) < 4.78 is 31.0. The highest BCUT2D eigenvalue weighted by molar-refractivity contribution is 7.80. The fourth-order valence-electron chi connectivity index (χ4n) is 6.99. The number of Topliss-reactive ketones (excluding diaryl/α,β-unsaturated/α-hetero) is 1. The normalized spacial score (nSPS) is 13.9. The lowest BCUT2D eigenvalue weighted by molar-refractivity contribution is -0.124. The van der Waals surface area contributed by atoms with Crippen molar-refractivity contribution in [1.29, 1.82) is 0 Å². The second kappa shape index (κ2) is 26.4. The van der Waals surface area contributed by atoms with Crippen LogP contribution in [0.4, 0.5) is 4.39 Å². The molecule has 0 bridgehead atoms. The second-order valence-electron chi connectivity index (χ2n) is 16.3. The molecule has 0 aliphatic carbocycles. The molecule has 21 heteroatoms. The Morgan fingerprint density at radius 3 is 1.12 bits per heavy atom. The summed E-state index contributed by atoms with van der Waals surface area (Å²) in [6, 6.07) is 41.8. The number of hydrogen-bond donors (Lipinski definition) is 6. The maximum absolute atomic E-state index is 13.7. The van der Waals surface area contributed by atoms with Crippen molar-refractivity contribution in [2.45, 2.75) is 26.7 Å². The summed E-state index contributed by atoms with van der Waals surface area (Å²) in [6.07, 6.45) is 4.34. The first-order chi connectivity index (χ1) is 37.0. The van der Waals surface area contributed by atoms with Gasteiger partial charge < -0.3 is 14.2 Å². The van der Waals surface area contributed by atoms with Crippen molar-refractivity contribution in [2.75, 3.05) is 0 Å². The van der Waals surface area contributed by atoms with E-state index in [4.69, 9.17) is 62.5 Å². The summed E-state index contributed by atoms with van der Waals surface area (Å²) >= 11 is 20.2. The fraction of sp³-hybridized carbons (Fsp3) is 0.0714. The molecule has 16 nitrogen and oxygen atoms in total. The Morgan fingerprint density at radius 1 is 0.455 bits per heavy atom. The Bertz CT molecular complexity index is 3390. The molecule has 6 aromatic carbocycles. The van der Waals surface area contributed by atoms with Crippen LogP contribution in [-0.4, -0.2) is 56.6 Å². The molecular formula is C56H42ClFN6O10S3. The van der Waals surface area contributed by atoms with Crippen LogP contribution in [0.2, 0.25) is 5.02 Å². The van der Waals surface area contributed by atoms with Crippen LogP contribution in [0.3, 0.4) is 0 Å². The summed E-state index contributed by atoms with van der Waals surface area (Å²) in [6.45, 7) is 2.15. The number of ketones is 1. The van der Waals surface area contributed by atoms with E-state index in [-0.39, 0.29) is 56.9 Å². The molecule has 388 valence electrons. The van der Waals surface area contributed by atoms with Gasteiger partial charge in [-0.25, -0.2) is 4.39 Å². The summed E-state index contributed by atoms with van der Waals surface area (Å²) in [5.74, 6) is -2.23. The van der Waals surface area contributed by atoms with E-state index in [0.717, 1.165) is 11.1 Å². The molecule has 0 atom stereocenters. The van der Waals surface area contributed by atoms with Crippen molar-refractivity contribution >= 4 is 123 Å². The molecule has 3 fully saturated rings. The molecule has 0 aromatic heterocycles. The lowest BCUT2D eigenvalue weighted by Gasteiger charge is -2.17. The quantitative estimate of drug-likeness (QED) is 0.0286. The minimum atomic E-state index is -0.586. The maximum atomic E-state index is 13.7. The average molecular weight is 1110 g/mol. The van der Waals surface area contributed by atoms with Crippen LogP contribution in [0.5, 0.6) is 17.2 Å². The highest BCUT2D eigenvalue weighted by atomic mass is 35.5. The fourth-order valence-corrected chi connectivity index (χ4v) is 7.67. The van der Waals surface area contributed by atoms with Gasteiger partial charge in [-0.3, -0.25) is 65.5 Å². The van der Waals surface area contributed by atoms with Gasteiger partial charge in [-0.1, -0.05) is 121 Å². The molecule has 0 unspecified atom stereocenters. The number of rotatable bonds is 13. The first-order valence-electron chi connectivity index (χ1n) is 22.9. The predicted molar refractivity (Wildman–Crippen MR) is 297 cm³/mol. The zero-order valence-corrected chi connectivity index (χ0v) is 43.5. The predicted octanol–water partition coefficient (Wildman–Crippen LogP) is 7.53. The van der Waals surface area contributed by atoms with E-state index in [1.54, 1.807) is 109 Å². The molecular weight excluding hydrogens is 1070 g/mol. The van der Waals surface area contributed by atoms with Crippen molar-refractivity contribution in [2.24, 2.45) is 0 Å². The van der Waals surface area contributed by atoms with E-state index in [1.807, 2.05) is 30.3 Å². The van der Waals surface area contributed by atoms with E-state index in [2.05, 4.69) is 31.9 Å². The minimum absolute atomic E-state index is 0.000534. The molecule has 77 heavy (non-hydrogen) atoms. The topological polar surface area (TPSA) is 219 Å². The Kier molecular flexibility index (Phi) is 19.1. The molecule has 6 aromatic rings. The largest absolute Gasteiger partial charge is 0.488 e. The van der Waals surface area contributed by atoms with Crippen molar-refractivity contribution in [1.82, 2.24) is 31.9 Å². The van der Waals surface area contributed by atoms with Crippen molar-refractivity contribution < 1.29 is 52.2 Å². The lowest BCUT2D eigenvalue weighted by Crippen LogP contribution is -2.51. The Hall–Kier alpha value is -9.08. The molecule has 3 heterocycles. The third-order valence-electron chi connectivity index (χ3n) is 10.9. The SMILES string of the molecule is CC(=O)c1ccc(COc2ccccc2C=C2C(=O)NC(=S)NC2=O)cc1.O=C1NC(=S)NC(=O)C1=Cc1ccccc1OCc1ccc(Cl)cc1.O=C1NC(=S)NC(=O)C1=Cc1ccccc1OCc1ccccc1F. The van der Waals surface area contributed by atoms with Crippen LogP contribution >= 0.6 is 48.3 Å². The third-order valence-corrected chi connectivity index (χ3v) is 11.8. The molecule has 6 amide bonds. The Morgan fingerprint density at radius 2 is 0.766 bits per heavy atom. The van der Waals surface area contributed by atoms with Gasteiger partial charge in [-0.05, 0) is 109 Å². The zero-order chi connectivity index (χ0) is 55.0. The van der Waals surface area contributed by atoms with Crippen molar-refractivity contribution in [3.63, 3.8) is 0 Å². The number of carbonyl (C=O) groups is 7. The number of nitrogens with one attached hydrogen (secondary N) is 6. The zero-order valence-electron chi connectivity index (χ0n) is 40.3. The first kappa shape index (κ1) is 55.7. The van der Waals surface area contributed by atoms with Crippen molar-refractivity contribution in [3.8, 4) is 17.2 Å². The third kappa shape index (κ3) is 15.7. The molecule has 3 saturated heterocycles. The number of amides is 6.